The molecule has 1 aromatic rings. The number of hydrogen-bond acceptors (Lipinski definition) is 10. The second kappa shape index (κ2) is 6.38. The first kappa shape index (κ1) is 16.5. The van der Waals surface area contributed by atoms with Crippen LogP contribution in [0.4, 0.5) is 5.82 Å². The van der Waals surface area contributed by atoms with Crippen LogP contribution in [0.3, 0.4) is 0 Å². The van der Waals surface area contributed by atoms with Crippen molar-refractivity contribution in [3.8, 4) is 0 Å². The van der Waals surface area contributed by atoms with E-state index in [1.54, 1.807) is 0 Å². The molecule has 1 aromatic heterocycles. The smallest absolute Gasteiger partial charge is 0.311 e. The number of ether oxygens (including phenoxy) is 1. The van der Waals surface area contributed by atoms with Crippen LogP contribution in [0.2, 0.25) is 0 Å². The fourth-order valence-corrected chi connectivity index (χ4v) is 5.08. The monoisotopic (exact) mass is 385 g/mol. The number of carbonyl (C=O) groups excluding carboxylic acids is 1. The predicted octanol–water partition coefficient (Wildman–Crippen LogP) is 0.808. The number of rotatable bonds is 5. The molecule has 0 bridgehead atoms. The third-order valence-corrected chi connectivity index (χ3v) is 6.41. The van der Waals surface area contributed by atoms with Crippen molar-refractivity contribution in [2.24, 2.45) is 27.3 Å². The first-order valence-corrected chi connectivity index (χ1v) is 9.51. The summed E-state index contributed by atoms with van der Waals surface area (Å²) in [5.41, 5.74) is -0.380. The van der Waals surface area contributed by atoms with Gasteiger partial charge >= 0.3 is 4.87 Å². The van der Waals surface area contributed by atoms with Gasteiger partial charge in [-0.05, 0) is 18.8 Å². The van der Waals surface area contributed by atoms with Crippen molar-refractivity contribution >= 4 is 34.8 Å². The molecule has 1 saturated heterocycles. The zero-order valence-electron chi connectivity index (χ0n) is 12.8. The van der Waals surface area contributed by atoms with Gasteiger partial charge < -0.3 is 21.2 Å². The van der Waals surface area contributed by atoms with Crippen LogP contribution in [0.25, 0.3) is 0 Å². The largest absolute Gasteiger partial charge is 0.341 e. The lowest BCUT2D eigenvalue weighted by Gasteiger charge is -2.24. The van der Waals surface area contributed by atoms with E-state index in [1.165, 1.54) is 16.3 Å². The summed E-state index contributed by atoms with van der Waals surface area (Å²) < 4.78 is 7.31. The van der Waals surface area contributed by atoms with E-state index >= 15 is 0 Å². The molecule has 25 heavy (non-hydrogen) atoms. The molecule has 0 aromatic carbocycles. The highest BCUT2D eigenvalue weighted by atomic mass is 32.2. The van der Waals surface area contributed by atoms with Crippen LogP contribution >= 0.6 is 23.1 Å². The van der Waals surface area contributed by atoms with E-state index in [2.05, 4.69) is 26.1 Å². The average molecular weight is 385 g/mol. The van der Waals surface area contributed by atoms with Gasteiger partial charge in [0, 0.05) is 5.75 Å². The number of nitrogens with two attached hydrogens (primary N) is 1. The molecule has 11 nitrogen and oxygen atoms in total. The van der Waals surface area contributed by atoms with Gasteiger partial charge in [0.2, 0.25) is 6.29 Å². The Kier molecular flexibility index (Phi) is 4.21. The summed E-state index contributed by atoms with van der Waals surface area (Å²) in [6.45, 7) is 0. The van der Waals surface area contributed by atoms with Crippen molar-refractivity contribution in [3.63, 3.8) is 0 Å². The highest BCUT2D eigenvalue weighted by Crippen LogP contribution is 2.44. The van der Waals surface area contributed by atoms with Crippen LogP contribution < -0.4 is 21.3 Å². The Balaban J connectivity index is 1.60. The van der Waals surface area contributed by atoms with E-state index in [4.69, 9.17) is 10.6 Å². The Labute approximate surface area is 149 Å². The van der Waals surface area contributed by atoms with E-state index < -0.39 is 24.5 Å². The Bertz CT molecular complexity index is 789. The van der Waals surface area contributed by atoms with Crippen molar-refractivity contribution in [1.29, 1.82) is 0 Å². The van der Waals surface area contributed by atoms with Crippen molar-refractivity contribution in [1.82, 2.24) is 9.88 Å². The van der Waals surface area contributed by atoms with Gasteiger partial charge in [-0.1, -0.05) is 21.7 Å². The molecule has 134 valence electrons. The molecule has 1 amide bonds. The summed E-state index contributed by atoms with van der Waals surface area (Å²) in [5.74, 6) is 5.67. The van der Waals surface area contributed by atoms with Crippen LogP contribution in [0.1, 0.15) is 28.7 Å². The maximum Gasteiger partial charge on any atom is 0.311 e. The van der Waals surface area contributed by atoms with Gasteiger partial charge in [0.25, 0.3) is 5.91 Å². The van der Waals surface area contributed by atoms with E-state index in [0.29, 0.717) is 11.6 Å². The Morgan fingerprint density at radius 3 is 2.80 bits per heavy atom. The minimum atomic E-state index is -0.856. The zero-order chi connectivity index (χ0) is 17.6. The van der Waals surface area contributed by atoms with Crippen molar-refractivity contribution in [3.05, 3.63) is 19.5 Å². The molecule has 2 aliphatic heterocycles. The Morgan fingerprint density at radius 2 is 2.12 bits per heavy atom. The molecule has 1 aliphatic carbocycles. The normalized spacial score (nSPS) is 29.9. The third kappa shape index (κ3) is 2.91. The SMILES string of the molecule is NN=NC1NC(=O)c2sc(=O)n(C3CS[C@@H](C(N=O)C4CC4)O3)c2N1. The number of nitrogens with one attached hydrogen (secondary N) is 2. The summed E-state index contributed by atoms with van der Waals surface area (Å²) in [7, 11) is 0. The maximum absolute atomic E-state index is 12.4. The van der Waals surface area contributed by atoms with Crippen molar-refractivity contribution in [2.45, 2.75) is 36.8 Å². The first-order valence-electron chi connectivity index (χ1n) is 7.64. The molecule has 1 saturated carbocycles. The van der Waals surface area contributed by atoms with Gasteiger partial charge in [-0.15, -0.1) is 16.9 Å². The summed E-state index contributed by atoms with van der Waals surface area (Å²) in [6, 6.07) is -0.407. The first-order chi connectivity index (χ1) is 12.1. The van der Waals surface area contributed by atoms with Crippen LogP contribution in [0.15, 0.2) is 20.3 Å². The fraction of sp³-hybridized carbons (Fsp3) is 0.667. The zero-order valence-corrected chi connectivity index (χ0v) is 14.5. The lowest BCUT2D eigenvalue weighted by Crippen LogP contribution is -2.44. The highest BCUT2D eigenvalue weighted by molar-refractivity contribution is 8.00. The Morgan fingerprint density at radius 1 is 1.32 bits per heavy atom. The van der Waals surface area contributed by atoms with E-state index in [1.807, 2.05) is 0 Å². The molecule has 4 atom stereocenters. The standard InChI is InChI=1S/C12H15N7O4S2/c13-18-16-11-14-8-7(9(20)15-11)25-12(21)19(8)5-3-24-10(23-5)6(17-22)4-1-2-4/h4-6,10-11,14H,1-3H2,(H2,13,16)(H,15,20)/t5?,6?,10-,11?/m0/s1. The van der Waals surface area contributed by atoms with Crippen LogP contribution in [-0.4, -0.2) is 34.0 Å². The summed E-state index contributed by atoms with van der Waals surface area (Å²) in [5, 5.41) is 15.4. The number of thiazole rings is 1. The number of hydrogen-bond donors (Lipinski definition) is 3. The summed E-state index contributed by atoms with van der Waals surface area (Å²) in [4.78, 5) is 35.6. The molecule has 0 spiro atoms. The number of fused-ring (bicyclic) bond motifs is 1. The van der Waals surface area contributed by atoms with Gasteiger partial charge in [0.15, 0.2) is 0 Å². The molecule has 3 heterocycles. The number of amides is 1. The molecule has 4 N–H and O–H groups in total. The fourth-order valence-electron chi connectivity index (χ4n) is 2.94. The molecule has 3 aliphatic rings. The molecule has 4 rings (SSSR count). The number of anilines is 1. The van der Waals surface area contributed by atoms with E-state index in [9.17, 15) is 14.5 Å². The second-order valence-corrected chi connectivity index (χ2v) is 7.99. The minimum Gasteiger partial charge on any atom is -0.341 e. The quantitative estimate of drug-likeness (QED) is 0.293. The van der Waals surface area contributed by atoms with Gasteiger partial charge in [0.05, 0.1) is 0 Å². The molecule has 0 radical (unpaired) electrons. The maximum atomic E-state index is 12.4. The van der Waals surface area contributed by atoms with Gasteiger partial charge in [-0.3, -0.25) is 14.2 Å². The van der Waals surface area contributed by atoms with Gasteiger partial charge in [-0.2, -0.15) is 4.91 Å². The number of aromatic nitrogens is 1. The molecular formula is C12H15N7O4S2. The predicted molar refractivity (Wildman–Crippen MR) is 91.2 cm³/mol. The third-order valence-electron chi connectivity index (χ3n) is 4.26. The van der Waals surface area contributed by atoms with Gasteiger partial charge in [-0.25, -0.2) is 0 Å². The van der Waals surface area contributed by atoms with Crippen LogP contribution in [0, 0.1) is 10.8 Å². The topological polar surface area (TPSA) is 153 Å². The molecule has 2 fully saturated rings. The number of nitroso groups, excluding NO2 is 1. The number of carbonyl (C=O) groups is 1. The summed E-state index contributed by atoms with van der Waals surface area (Å²) >= 11 is 2.28. The van der Waals surface area contributed by atoms with E-state index in [-0.39, 0.29) is 21.1 Å². The van der Waals surface area contributed by atoms with Crippen LogP contribution in [-0.2, 0) is 4.74 Å². The number of nitrogens with zero attached hydrogens (tertiary/aromatic N) is 4. The summed E-state index contributed by atoms with van der Waals surface area (Å²) in [6.07, 6.45) is 0.510. The highest BCUT2D eigenvalue weighted by Gasteiger charge is 2.44. The minimum absolute atomic E-state index is 0.248. The molecular weight excluding hydrogens is 370 g/mol. The lowest BCUT2D eigenvalue weighted by molar-refractivity contribution is 0.00612. The van der Waals surface area contributed by atoms with Crippen LogP contribution in [0.5, 0.6) is 0 Å². The Hall–Kier alpha value is -1.99. The molecule has 13 heteroatoms. The van der Waals surface area contributed by atoms with Gasteiger partial charge in [0.1, 0.15) is 28.4 Å². The van der Waals surface area contributed by atoms with E-state index in [0.717, 1.165) is 24.2 Å². The van der Waals surface area contributed by atoms with Crippen molar-refractivity contribution < 1.29 is 9.53 Å². The average Bonchev–Trinajstić information content (AvgIpc) is 3.20. The molecule has 3 unspecified atom stereocenters. The second-order valence-electron chi connectivity index (χ2n) is 5.89. The number of thioether (sulfide) groups is 1. The lowest BCUT2D eigenvalue weighted by atomic mass is 10.2. The van der Waals surface area contributed by atoms with Crippen molar-refractivity contribution in [2.75, 3.05) is 11.1 Å².